The van der Waals surface area contributed by atoms with Crippen molar-refractivity contribution in [1.29, 1.82) is 0 Å². The van der Waals surface area contributed by atoms with E-state index >= 15 is 0 Å². The van der Waals surface area contributed by atoms with Gasteiger partial charge in [-0.25, -0.2) is 9.59 Å². The van der Waals surface area contributed by atoms with Crippen LogP contribution < -0.4 is 14.5 Å². The average Bonchev–Trinajstić information content (AvgIpc) is 3.72. The van der Waals surface area contributed by atoms with Gasteiger partial charge in [-0.3, -0.25) is 4.90 Å². The SMILES string of the molecule is O=C(Oc1cccc2c1c(-c1ccc(C3CCCCC3)cc1)c(CN1CCN(c3cccc4[nH]ccc34)CC1)n2OC(=O)C(F)(F)F)C(F)(F)F. The number of H-pyrrole nitrogens is 1. The van der Waals surface area contributed by atoms with E-state index in [2.05, 4.69) is 9.88 Å². The van der Waals surface area contributed by atoms with Gasteiger partial charge in [0.25, 0.3) is 0 Å². The highest BCUT2D eigenvalue weighted by molar-refractivity contribution is 6.03. The number of halogens is 6. The van der Waals surface area contributed by atoms with Crippen LogP contribution in [-0.4, -0.2) is 65.1 Å². The van der Waals surface area contributed by atoms with E-state index in [4.69, 9.17) is 9.57 Å². The van der Waals surface area contributed by atoms with Gasteiger partial charge in [-0.2, -0.15) is 31.1 Å². The van der Waals surface area contributed by atoms with Crippen LogP contribution in [0.25, 0.3) is 32.9 Å². The third-order valence-electron chi connectivity index (χ3n) is 9.78. The second-order valence-corrected chi connectivity index (χ2v) is 13.0. The predicted molar refractivity (Wildman–Crippen MR) is 178 cm³/mol. The van der Waals surface area contributed by atoms with Crippen LogP contribution in [0.15, 0.2) is 72.9 Å². The molecule has 0 radical (unpaired) electrons. The van der Waals surface area contributed by atoms with Gasteiger partial charge >= 0.3 is 24.3 Å². The smallest absolute Gasteiger partial charge is 0.419 e. The van der Waals surface area contributed by atoms with Crippen molar-refractivity contribution in [2.75, 3.05) is 31.1 Å². The van der Waals surface area contributed by atoms with E-state index in [1.54, 1.807) is 12.1 Å². The molecule has 1 aliphatic heterocycles. The monoisotopic (exact) mass is 712 g/mol. The third kappa shape index (κ3) is 7.01. The molecule has 8 nitrogen and oxygen atoms in total. The number of alkyl halides is 6. The number of nitrogens with one attached hydrogen (secondary N) is 1. The lowest BCUT2D eigenvalue weighted by Crippen LogP contribution is -2.46. The largest absolute Gasteiger partial charge is 0.493 e. The number of carbonyl (C=O) groups excluding carboxylic acids is 2. The van der Waals surface area contributed by atoms with Crippen molar-refractivity contribution in [1.82, 2.24) is 14.6 Å². The molecule has 1 saturated carbocycles. The van der Waals surface area contributed by atoms with Gasteiger partial charge in [0.1, 0.15) is 5.75 Å². The Hall–Kier alpha value is -4.98. The zero-order chi connectivity index (χ0) is 35.9. The van der Waals surface area contributed by atoms with Gasteiger partial charge in [0.15, 0.2) is 0 Å². The van der Waals surface area contributed by atoms with E-state index in [1.807, 2.05) is 47.5 Å². The second kappa shape index (κ2) is 13.6. The summed E-state index contributed by atoms with van der Waals surface area (Å²) in [6, 6.07) is 18.9. The Bertz CT molecular complexity index is 2050. The first-order valence-electron chi connectivity index (χ1n) is 16.8. The van der Waals surface area contributed by atoms with Crippen molar-refractivity contribution in [3.05, 3.63) is 84.2 Å². The summed E-state index contributed by atoms with van der Waals surface area (Å²) < 4.78 is 86.7. The zero-order valence-corrected chi connectivity index (χ0v) is 27.3. The number of carbonyl (C=O) groups is 2. The molecule has 7 rings (SSSR count). The van der Waals surface area contributed by atoms with Crippen LogP contribution in [-0.2, 0) is 16.1 Å². The summed E-state index contributed by atoms with van der Waals surface area (Å²) in [4.78, 5) is 36.8. The standard InChI is InChI=1S/C37H34F6N4O4/c38-36(39,40)34(48)50-31-11-5-10-29-33(31)32(25-14-12-24(13-15-25)23-6-2-1-3-7-23)30(47(29)51-35(49)37(41,42)43)22-45-18-20-46(21-19-45)28-9-4-8-27-26(28)16-17-44-27/h4-5,8-17,23,44H,1-3,6-7,18-22H2. The van der Waals surface area contributed by atoms with Crippen molar-refractivity contribution in [3.8, 4) is 16.9 Å². The number of hydrogen-bond donors (Lipinski definition) is 1. The Morgan fingerprint density at radius 1 is 0.784 bits per heavy atom. The van der Waals surface area contributed by atoms with Crippen molar-refractivity contribution >= 4 is 39.4 Å². The number of hydrogen-bond acceptors (Lipinski definition) is 6. The second-order valence-electron chi connectivity index (χ2n) is 13.0. The molecule has 1 N–H and O–H groups in total. The summed E-state index contributed by atoms with van der Waals surface area (Å²) >= 11 is 0. The minimum atomic E-state index is -5.37. The van der Waals surface area contributed by atoms with Crippen molar-refractivity contribution in [2.24, 2.45) is 0 Å². The van der Waals surface area contributed by atoms with Crippen LogP contribution in [0.1, 0.15) is 49.3 Å². The molecule has 14 heteroatoms. The molecular formula is C37H34F6N4O4. The fourth-order valence-corrected chi connectivity index (χ4v) is 7.33. The fourth-order valence-electron chi connectivity index (χ4n) is 7.33. The molecule has 1 aliphatic carbocycles. The fraction of sp³-hybridized carbons (Fsp3) is 0.351. The van der Waals surface area contributed by atoms with Crippen LogP contribution in [0, 0.1) is 0 Å². The van der Waals surface area contributed by atoms with E-state index in [0.29, 0.717) is 42.4 Å². The minimum Gasteiger partial charge on any atom is -0.419 e. The highest BCUT2D eigenvalue weighted by atomic mass is 19.4. The summed E-state index contributed by atoms with van der Waals surface area (Å²) in [5.41, 5.74) is 3.64. The average molecular weight is 713 g/mol. The molecule has 3 heterocycles. The van der Waals surface area contributed by atoms with Crippen molar-refractivity contribution in [3.63, 3.8) is 0 Å². The first kappa shape index (κ1) is 34.5. The number of nitrogens with zero attached hydrogens (tertiary/aromatic N) is 3. The van der Waals surface area contributed by atoms with E-state index in [-0.39, 0.29) is 28.7 Å². The first-order chi connectivity index (χ1) is 24.4. The predicted octanol–water partition coefficient (Wildman–Crippen LogP) is 8.14. The molecule has 2 fully saturated rings. The number of aromatic nitrogens is 2. The number of ether oxygens (including phenoxy) is 1. The number of benzene rings is 3. The topological polar surface area (TPSA) is 79.8 Å². The van der Waals surface area contributed by atoms with Gasteiger partial charge in [0.2, 0.25) is 0 Å². The Balaban J connectivity index is 1.31. The van der Waals surface area contributed by atoms with Crippen molar-refractivity contribution in [2.45, 2.75) is 56.9 Å². The molecule has 268 valence electrons. The first-order valence-corrected chi connectivity index (χ1v) is 16.8. The quantitative estimate of drug-likeness (QED) is 0.104. The Morgan fingerprint density at radius 2 is 1.47 bits per heavy atom. The Kier molecular flexibility index (Phi) is 9.21. The third-order valence-corrected chi connectivity index (χ3v) is 9.78. The molecule has 5 aromatic rings. The maximum absolute atomic E-state index is 13.7. The Labute approximate surface area is 288 Å². The molecule has 51 heavy (non-hydrogen) atoms. The molecule has 3 aromatic carbocycles. The summed E-state index contributed by atoms with van der Waals surface area (Å²) in [6.45, 7) is 2.02. The number of piperazine rings is 1. The van der Waals surface area contributed by atoms with Gasteiger partial charge < -0.3 is 19.5 Å². The molecule has 2 aliphatic rings. The lowest BCUT2D eigenvalue weighted by atomic mass is 9.83. The normalized spacial score (nSPS) is 16.5. The van der Waals surface area contributed by atoms with Crippen LogP contribution in [0.2, 0.25) is 0 Å². The van der Waals surface area contributed by atoms with Crippen LogP contribution in [0.5, 0.6) is 5.75 Å². The summed E-state index contributed by atoms with van der Waals surface area (Å²) in [5, 5.41) is 0.952. The number of fused-ring (bicyclic) bond motifs is 2. The van der Waals surface area contributed by atoms with Crippen LogP contribution in [0.4, 0.5) is 32.0 Å². The van der Waals surface area contributed by atoms with Gasteiger partial charge in [0.05, 0.1) is 16.6 Å². The van der Waals surface area contributed by atoms with Crippen molar-refractivity contribution < 1.29 is 45.5 Å². The number of aromatic amines is 1. The molecule has 2 aromatic heterocycles. The number of esters is 1. The highest BCUT2D eigenvalue weighted by Crippen LogP contribution is 2.43. The van der Waals surface area contributed by atoms with Gasteiger partial charge in [-0.05, 0) is 60.2 Å². The summed E-state index contributed by atoms with van der Waals surface area (Å²) in [5.74, 6) is -5.21. The van der Waals surface area contributed by atoms with Crippen LogP contribution >= 0.6 is 0 Å². The maximum atomic E-state index is 13.7. The van der Waals surface area contributed by atoms with E-state index < -0.39 is 30.0 Å². The summed E-state index contributed by atoms with van der Waals surface area (Å²) in [6.07, 6.45) is -3.49. The van der Waals surface area contributed by atoms with Gasteiger partial charge in [0, 0.05) is 61.1 Å². The Morgan fingerprint density at radius 3 is 2.16 bits per heavy atom. The molecule has 0 amide bonds. The molecule has 1 saturated heterocycles. The number of anilines is 1. The highest BCUT2D eigenvalue weighted by Gasteiger charge is 2.44. The van der Waals surface area contributed by atoms with E-state index in [1.165, 1.54) is 12.1 Å². The van der Waals surface area contributed by atoms with Gasteiger partial charge in [-0.15, -0.1) is 0 Å². The lowest BCUT2D eigenvalue weighted by molar-refractivity contribution is -0.199. The molecule has 0 unspecified atom stereocenters. The van der Waals surface area contributed by atoms with Crippen LogP contribution in [0.3, 0.4) is 0 Å². The molecular weight excluding hydrogens is 678 g/mol. The number of rotatable bonds is 7. The van der Waals surface area contributed by atoms with E-state index in [0.717, 1.165) is 60.3 Å². The van der Waals surface area contributed by atoms with E-state index in [9.17, 15) is 35.9 Å². The maximum Gasteiger partial charge on any atom is 0.493 e. The molecule has 0 spiro atoms. The summed E-state index contributed by atoms with van der Waals surface area (Å²) in [7, 11) is 0. The minimum absolute atomic E-state index is 0.0334. The molecule has 0 bridgehead atoms. The zero-order valence-electron chi connectivity index (χ0n) is 27.3. The molecule has 0 atom stereocenters. The van der Waals surface area contributed by atoms with Gasteiger partial charge in [-0.1, -0.05) is 55.7 Å². The lowest BCUT2D eigenvalue weighted by Gasteiger charge is -2.36.